The Hall–Kier alpha value is -3.97. The number of hydrogen-bond donors (Lipinski definition) is 0. The maximum absolute atomic E-state index is 12.9. The number of ketones is 1. The van der Waals surface area contributed by atoms with Gasteiger partial charge in [-0.25, -0.2) is 4.79 Å². The monoisotopic (exact) mass is 480 g/mol. The van der Waals surface area contributed by atoms with Gasteiger partial charge >= 0.3 is 5.97 Å². The second kappa shape index (κ2) is 9.49. The van der Waals surface area contributed by atoms with Crippen LogP contribution in [0.25, 0.3) is 6.08 Å². The molecule has 0 fully saturated rings. The number of methoxy groups -OCH3 is 3. The Labute approximate surface area is 201 Å². The molecule has 0 amide bonds. The summed E-state index contributed by atoms with van der Waals surface area (Å²) in [5.41, 5.74) is 1.96. The Morgan fingerprint density at radius 2 is 1.68 bits per heavy atom. The van der Waals surface area contributed by atoms with Crippen molar-refractivity contribution in [2.75, 3.05) is 21.3 Å². The first kappa shape index (κ1) is 23.2. The number of benzene rings is 3. The Morgan fingerprint density at radius 3 is 2.29 bits per heavy atom. The Balaban J connectivity index is 1.62. The van der Waals surface area contributed by atoms with E-state index in [0.29, 0.717) is 39.1 Å². The molecule has 1 aliphatic heterocycles. The van der Waals surface area contributed by atoms with Crippen LogP contribution in [0.1, 0.15) is 31.8 Å². The Kier molecular flexibility index (Phi) is 6.47. The zero-order chi connectivity index (χ0) is 24.4. The highest BCUT2D eigenvalue weighted by Crippen LogP contribution is 2.40. The minimum Gasteiger partial charge on any atom is -0.493 e. The van der Waals surface area contributed by atoms with Gasteiger partial charge in [0, 0.05) is 11.1 Å². The van der Waals surface area contributed by atoms with E-state index in [4.69, 9.17) is 35.3 Å². The van der Waals surface area contributed by atoms with Crippen LogP contribution >= 0.6 is 11.6 Å². The lowest BCUT2D eigenvalue weighted by atomic mass is 10.0. The molecule has 0 unspecified atom stereocenters. The van der Waals surface area contributed by atoms with Crippen molar-refractivity contribution in [1.29, 1.82) is 0 Å². The first-order valence-electron chi connectivity index (χ1n) is 10.2. The van der Waals surface area contributed by atoms with Crippen molar-refractivity contribution in [2.24, 2.45) is 0 Å². The van der Waals surface area contributed by atoms with Gasteiger partial charge in [-0.2, -0.15) is 0 Å². The van der Waals surface area contributed by atoms with Crippen LogP contribution in [0.4, 0.5) is 0 Å². The summed E-state index contributed by atoms with van der Waals surface area (Å²) in [7, 11) is 4.39. The molecule has 0 saturated carbocycles. The van der Waals surface area contributed by atoms with E-state index in [1.807, 2.05) is 6.07 Å². The third-order valence-corrected chi connectivity index (χ3v) is 5.44. The van der Waals surface area contributed by atoms with Crippen molar-refractivity contribution in [2.45, 2.75) is 6.92 Å². The normalized spacial score (nSPS) is 13.3. The van der Waals surface area contributed by atoms with E-state index in [9.17, 15) is 9.59 Å². The molecule has 0 bridgehead atoms. The summed E-state index contributed by atoms with van der Waals surface area (Å²) in [5.74, 6) is 0.812. The fraction of sp³-hybridized carbons (Fsp3) is 0.154. The van der Waals surface area contributed by atoms with Crippen LogP contribution < -0.4 is 23.7 Å². The van der Waals surface area contributed by atoms with Gasteiger partial charge in [0.15, 0.2) is 17.3 Å². The molecule has 0 N–H and O–H groups in total. The van der Waals surface area contributed by atoms with Crippen molar-refractivity contribution in [1.82, 2.24) is 0 Å². The number of rotatable bonds is 6. The van der Waals surface area contributed by atoms with Gasteiger partial charge in [0.1, 0.15) is 11.5 Å². The quantitative estimate of drug-likeness (QED) is 0.261. The molecule has 0 radical (unpaired) electrons. The molecule has 7 nitrogen and oxygen atoms in total. The van der Waals surface area contributed by atoms with E-state index in [-0.39, 0.29) is 22.9 Å². The SMILES string of the molecule is COc1cc(C(=O)Oc2cc(C)c3c(c2)O/C(=C\c2cccc(Cl)c2)C3=O)cc(OC)c1OC. The highest BCUT2D eigenvalue weighted by atomic mass is 35.5. The molecule has 1 aliphatic rings. The number of carbonyl (C=O) groups excluding carboxylic acids is 2. The van der Waals surface area contributed by atoms with Crippen LogP contribution in [0, 0.1) is 6.92 Å². The molecule has 8 heteroatoms. The third-order valence-electron chi connectivity index (χ3n) is 5.20. The summed E-state index contributed by atoms with van der Waals surface area (Å²) >= 11 is 6.03. The smallest absolute Gasteiger partial charge is 0.343 e. The van der Waals surface area contributed by atoms with Crippen molar-refractivity contribution in [3.63, 3.8) is 0 Å². The predicted molar refractivity (Wildman–Crippen MR) is 127 cm³/mol. The Morgan fingerprint density at radius 1 is 0.971 bits per heavy atom. The number of halogens is 1. The van der Waals surface area contributed by atoms with Gasteiger partial charge < -0.3 is 23.7 Å². The number of aryl methyl sites for hydroxylation is 1. The fourth-order valence-electron chi connectivity index (χ4n) is 3.65. The molecule has 0 aromatic heterocycles. The molecule has 34 heavy (non-hydrogen) atoms. The molecule has 0 spiro atoms. The minimum absolute atomic E-state index is 0.161. The van der Waals surface area contributed by atoms with Crippen molar-refractivity contribution >= 4 is 29.4 Å². The number of allylic oxidation sites excluding steroid dienone is 1. The maximum Gasteiger partial charge on any atom is 0.343 e. The standard InChI is InChI=1S/C26H21ClO7/c1-14-8-18(33-26(29)16-11-21(30-2)25(32-4)22(12-16)31-3)13-19-23(14)24(28)20(34-19)10-15-6-5-7-17(27)9-15/h5-13H,1-4H3/b20-10-. The van der Waals surface area contributed by atoms with Crippen LogP contribution in [-0.4, -0.2) is 33.1 Å². The molecular weight excluding hydrogens is 460 g/mol. The van der Waals surface area contributed by atoms with Gasteiger partial charge in [-0.05, 0) is 54.5 Å². The second-order valence-corrected chi connectivity index (χ2v) is 7.85. The van der Waals surface area contributed by atoms with E-state index < -0.39 is 5.97 Å². The molecule has 3 aromatic carbocycles. The molecule has 1 heterocycles. The third kappa shape index (κ3) is 4.43. The average molecular weight is 481 g/mol. The zero-order valence-corrected chi connectivity index (χ0v) is 19.7. The molecule has 4 rings (SSSR count). The van der Waals surface area contributed by atoms with Gasteiger partial charge in [-0.3, -0.25) is 4.79 Å². The summed E-state index contributed by atoms with van der Waals surface area (Å²) in [4.78, 5) is 25.7. The maximum atomic E-state index is 12.9. The fourth-order valence-corrected chi connectivity index (χ4v) is 3.85. The van der Waals surface area contributed by atoms with Crippen LogP contribution in [0.15, 0.2) is 54.3 Å². The largest absolute Gasteiger partial charge is 0.493 e. The topological polar surface area (TPSA) is 80.3 Å². The predicted octanol–water partition coefficient (Wildman–Crippen LogP) is 5.51. The highest BCUT2D eigenvalue weighted by Gasteiger charge is 2.30. The van der Waals surface area contributed by atoms with Gasteiger partial charge in [-0.15, -0.1) is 0 Å². The highest BCUT2D eigenvalue weighted by molar-refractivity contribution is 6.30. The summed E-state index contributed by atoms with van der Waals surface area (Å²) in [6, 6.07) is 13.2. The lowest BCUT2D eigenvalue weighted by Gasteiger charge is -2.14. The zero-order valence-electron chi connectivity index (χ0n) is 18.9. The summed E-state index contributed by atoms with van der Waals surface area (Å²) in [6.07, 6.45) is 1.62. The lowest BCUT2D eigenvalue weighted by molar-refractivity contribution is 0.0733. The first-order valence-corrected chi connectivity index (χ1v) is 10.6. The van der Waals surface area contributed by atoms with Gasteiger partial charge in [0.2, 0.25) is 11.5 Å². The van der Waals surface area contributed by atoms with E-state index >= 15 is 0 Å². The molecule has 0 saturated heterocycles. The van der Waals surface area contributed by atoms with Crippen LogP contribution in [0.5, 0.6) is 28.7 Å². The van der Waals surface area contributed by atoms with E-state index in [1.54, 1.807) is 37.3 Å². The van der Waals surface area contributed by atoms with Gasteiger partial charge in [0.25, 0.3) is 0 Å². The van der Waals surface area contributed by atoms with Gasteiger partial charge in [0.05, 0.1) is 32.5 Å². The number of fused-ring (bicyclic) bond motifs is 1. The minimum atomic E-state index is -0.641. The lowest BCUT2D eigenvalue weighted by Crippen LogP contribution is -2.10. The molecule has 174 valence electrons. The van der Waals surface area contributed by atoms with E-state index in [0.717, 1.165) is 5.56 Å². The molecule has 3 aromatic rings. The number of hydrogen-bond acceptors (Lipinski definition) is 7. The number of ether oxygens (including phenoxy) is 5. The van der Waals surface area contributed by atoms with Crippen molar-refractivity contribution in [3.05, 3.63) is 81.6 Å². The van der Waals surface area contributed by atoms with Crippen molar-refractivity contribution < 1.29 is 33.3 Å². The summed E-state index contributed by atoms with van der Waals surface area (Å²) in [6.45, 7) is 1.75. The summed E-state index contributed by atoms with van der Waals surface area (Å²) in [5, 5.41) is 0.550. The molecular formula is C26H21ClO7. The van der Waals surface area contributed by atoms with Crippen LogP contribution in [-0.2, 0) is 0 Å². The second-order valence-electron chi connectivity index (χ2n) is 7.41. The number of carbonyl (C=O) groups is 2. The average Bonchev–Trinajstić information content (AvgIpc) is 3.13. The number of Topliss-reactive ketones (excluding diaryl/α,β-unsaturated/α-hetero) is 1. The van der Waals surface area contributed by atoms with Crippen molar-refractivity contribution in [3.8, 4) is 28.7 Å². The summed E-state index contributed by atoms with van der Waals surface area (Å²) < 4.78 is 27.2. The first-order chi connectivity index (χ1) is 16.3. The van der Waals surface area contributed by atoms with Crippen LogP contribution in [0.3, 0.4) is 0 Å². The molecule has 0 atom stereocenters. The molecule has 0 aliphatic carbocycles. The van der Waals surface area contributed by atoms with E-state index in [2.05, 4.69) is 0 Å². The number of esters is 1. The Bertz CT molecular complexity index is 1300. The van der Waals surface area contributed by atoms with E-state index in [1.165, 1.54) is 39.5 Å². The van der Waals surface area contributed by atoms with Gasteiger partial charge in [-0.1, -0.05) is 23.7 Å². The van der Waals surface area contributed by atoms with Crippen LogP contribution in [0.2, 0.25) is 5.02 Å².